The third-order valence-electron chi connectivity index (χ3n) is 5.31. The lowest BCUT2D eigenvalue weighted by Crippen LogP contribution is -2.53. The van der Waals surface area contributed by atoms with Gasteiger partial charge in [-0.05, 0) is 43.9 Å². The molecule has 0 spiro atoms. The van der Waals surface area contributed by atoms with E-state index in [1.54, 1.807) is 26.2 Å². The average molecular weight is 314 g/mol. The minimum atomic E-state index is -0.581. The summed E-state index contributed by atoms with van der Waals surface area (Å²) >= 11 is 0. The normalized spacial score (nSPS) is 24.1. The lowest BCUT2D eigenvalue weighted by atomic mass is 9.76. The Morgan fingerprint density at radius 2 is 2.09 bits per heavy atom. The van der Waals surface area contributed by atoms with Crippen molar-refractivity contribution in [1.82, 2.24) is 4.90 Å². The maximum Gasteiger partial charge on any atom is 0.227 e. The maximum absolute atomic E-state index is 12.7. The van der Waals surface area contributed by atoms with Crippen LogP contribution in [0.2, 0.25) is 0 Å². The van der Waals surface area contributed by atoms with E-state index in [2.05, 4.69) is 6.07 Å². The Morgan fingerprint density at radius 1 is 1.35 bits per heavy atom. The molecule has 1 aromatic carbocycles. The molecule has 0 N–H and O–H groups in total. The van der Waals surface area contributed by atoms with Gasteiger partial charge in [-0.1, -0.05) is 0 Å². The highest BCUT2D eigenvalue weighted by Gasteiger charge is 2.52. The van der Waals surface area contributed by atoms with Crippen molar-refractivity contribution in [1.29, 1.82) is 5.26 Å². The Morgan fingerprint density at radius 3 is 2.61 bits per heavy atom. The van der Waals surface area contributed by atoms with Crippen molar-refractivity contribution in [2.75, 3.05) is 21.3 Å². The van der Waals surface area contributed by atoms with Gasteiger partial charge in [-0.15, -0.1) is 0 Å². The van der Waals surface area contributed by atoms with Crippen LogP contribution in [0.3, 0.4) is 0 Å². The molecule has 0 unspecified atom stereocenters. The van der Waals surface area contributed by atoms with E-state index >= 15 is 0 Å². The first-order valence-corrected chi connectivity index (χ1v) is 7.97. The van der Waals surface area contributed by atoms with Crippen molar-refractivity contribution < 1.29 is 14.3 Å². The molecule has 122 valence electrons. The lowest BCUT2D eigenvalue weighted by molar-refractivity contribution is -0.137. The van der Waals surface area contributed by atoms with Gasteiger partial charge in [0.05, 0.1) is 20.3 Å². The first kappa shape index (κ1) is 15.7. The Labute approximate surface area is 136 Å². The third-order valence-corrected chi connectivity index (χ3v) is 5.31. The SMILES string of the molecule is COc1ccc(OC)c([C@H]2C[C@H]2C(=O)N(C)C2(C#N)CCC2)c1. The van der Waals surface area contributed by atoms with Crippen molar-refractivity contribution >= 4 is 5.91 Å². The van der Waals surface area contributed by atoms with Gasteiger partial charge in [-0.25, -0.2) is 0 Å². The molecule has 1 aromatic rings. The molecule has 3 rings (SSSR count). The number of ether oxygens (including phenoxy) is 2. The van der Waals surface area contributed by atoms with Crippen LogP contribution >= 0.6 is 0 Å². The first-order valence-electron chi connectivity index (χ1n) is 7.97. The van der Waals surface area contributed by atoms with Gasteiger partial charge in [-0.2, -0.15) is 5.26 Å². The molecule has 2 aliphatic carbocycles. The summed E-state index contributed by atoms with van der Waals surface area (Å²) in [4.78, 5) is 14.4. The second-order valence-electron chi connectivity index (χ2n) is 6.45. The van der Waals surface area contributed by atoms with Crippen LogP contribution in [0.1, 0.15) is 37.2 Å². The molecule has 5 heteroatoms. The van der Waals surface area contributed by atoms with Crippen LogP contribution < -0.4 is 9.47 Å². The van der Waals surface area contributed by atoms with E-state index in [4.69, 9.17) is 9.47 Å². The van der Waals surface area contributed by atoms with Crippen molar-refractivity contribution in [3.63, 3.8) is 0 Å². The van der Waals surface area contributed by atoms with Gasteiger partial charge in [0.25, 0.3) is 0 Å². The molecule has 5 nitrogen and oxygen atoms in total. The van der Waals surface area contributed by atoms with Crippen LogP contribution in [0.5, 0.6) is 11.5 Å². The molecule has 0 bridgehead atoms. The summed E-state index contributed by atoms with van der Waals surface area (Å²) < 4.78 is 10.7. The number of benzene rings is 1. The van der Waals surface area contributed by atoms with Crippen LogP contribution in [-0.2, 0) is 4.79 Å². The Balaban J connectivity index is 1.77. The minimum Gasteiger partial charge on any atom is -0.497 e. The van der Waals surface area contributed by atoms with E-state index < -0.39 is 5.54 Å². The van der Waals surface area contributed by atoms with Crippen LogP contribution in [0.15, 0.2) is 18.2 Å². The summed E-state index contributed by atoms with van der Waals surface area (Å²) in [5.74, 6) is 1.70. The largest absolute Gasteiger partial charge is 0.497 e. The van der Waals surface area contributed by atoms with Crippen molar-refractivity contribution in [3.8, 4) is 17.6 Å². The molecule has 1 amide bonds. The van der Waals surface area contributed by atoms with Crippen molar-refractivity contribution in [3.05, 3.63) is 23.8 Å². The molecule has 2 fully saturated rings. The molecule has 0 saturated heterocycles. The van der Waals surface area contributed by atoms with Crippen molar-refractivity contribution in [2.45, 2.75) is 37.1 Å². The molecular weight excluding hydrogens is 292 g/mol. The topological polar surface area (TPSA) is 62.6 Å². The van der Waals surface area contributed by atoms with Gasteiger partial charge >= 0.3 is 0 Å². The number of methoxy groups -OCH3 is 2. The number of carbonyl (C=O) groups is 1. The highest BCUT2D eigenvalue weighted by molar-refractivity contribution is 5.84. The molecule has 0 aromatic heterocycles. The summed E-state index contributed by atoms with van der Waals surface area (Å²) in [7, 11) is 5.03. The molecule has 0 heterocycles. The summed E-state index contributed by atoms with van der Waals surface area (Å²) in [6.45, 7) is 0. The van der Waals surface area contributed by atoms with E-state index in [0.29, 0.717) is 0 Å². The minimum absolute atomic E-state index is 0.0631. The first-order chi connectivity index (χ1) is 11.1. The molecule has 0 radical (unpaired) electrons. The number of carbonyl (C=O) groups excluding carboxylic acids is 1. The Bertz CT molecular complexity index is 661. The predicted octanol–water partition coefficient (Wildman–Crippen LogP) is 2.71. The van der Waals surface area contributed by atoms with E-state index in [-0.39, 0.29) is 17.7 Å². The van der Waals surface area contributed by atoms with Crippen LogP contribution in [0.4, 0.5) is 0 Å². The fourth-order valence-electron chi connectivity index (χ4n) is 3.43. The van der Waals surface area contributed by atoms with Crippen LogP contribution in [0.25, 0.3) is 0 Å². The average Bonchev–Trinajstić information content (AvgIpc) is 3.33. The lowest BCUT2D eigenvalue weighted by Gasteiger charge is -2.43. The monoisotopic (exact) mass is 314 g/mol. The second-order valence-corrected chi connectivity index (χ2v) is 6.45. The highest BCUT2D eigenvalue weighted by Crippen LogP contribution is 2.53. The summed E-state index contributed by atoms with van der Waals surface area (Å²) in [6.07, 6.45) is 3.38. The Kier molecular flexibility index (Phi) is 3.93. The fraction of sp³-hybridized carbons (Fsp3) is 0.556. The molecule has 2 aliphatic rings. The molecule has 0 aliphatic heterocycles. The van der Waals surface area contributed by atoms with Gasteiger partial charge in [0.1, 0.15) is 17.0 Å². The van der Waals surface area contributed by atoms with E-state index in [0.717, 1.165) is 42.7 Å². The Hall–Kier alpha value is -2.22. The fourth-order valence-corrected chi connectivity index (χ4v) is 3.43. The third kappa shape index (κ3) is 2.52. The zero-order valence-corrected chi connectivity index (χ0v) is 13.8. The number of hydrogen-bond acceptors (Lipinski definition) is 4. The zero-order chi connectivity index (χ0) is 16.6. The zero-order valence-electron chi connectivity index (χ0n) is 13.8. The smallest absolute Gasteiger partial charge is 0.227 e. The summed E-state index contributed by atoms with van der Waals surface area (Å²) in [5, 5.41) is 9.41. The van der Waals surface area contributed by atoms with Gasteiger partial charge in [0.15, 0.2) is 0 Å². The van der Waals surface area contributed by atoms with Gasteiger partial charge in [0, 0.05) is 24.4 Å². The van der Waals surface area contributed by atoms with E-state index in [1.165, 1.54) is 0 Å². The number of hydrogen-bond donors (Lipinski definition) is 0. The van der Waals surface area contributed by atoms with Crippen LogP contribution in [0, 0.1) is 17.2 Å². The standard InChI is InChI=1S/C18H22N2O3/c1-20(18(11-19)7-4-8-18)17(21)15-10-13(15)14-9-12(22-2)5-6-16(14)23-3/h5-6,9,13,15H,4,7-8,10H2,1-3H3/t13-,15-/m1/s1. The van der Waals surface area contributed by atoms with Gasteiger partial charge in [-0.3, -0.25) is 4.79 Å². The highest BCUT2D eigenvalue weighted by atomic mass is 16.5. The van der Waals surface area contributed by atoms with Gasteiger partial charge in [0.2, 0.25) is 5.91 Å². The molecule has 23 heavy (non-hydrogen) atoms. The van der Waals surface area contributed by atoms with E-state index in [1.807, 2.05) is 18.2 Å². The van der Waals surface area contributed by atoms with Gasteiger partial charge < -0.3 is 14.4 Å². The molecule has 2 atom stereocenters. The quantitative estimate of drug-likeness (QED) is 0.838. The summed E-state index contributed by atoms with van der Waals surface area (Å²) in [6, 6.07) is 8.01. The number of amides is 1. The second kappa shape index (κ2) is 5.77. The van der Waals surface area contributed by atoms with Crippen LogP contribution in [-0.4, -0.2) is 37.6 Å². The predicted molar refractivity (Wildman–Crippen MR) is 85.4 cm³/mol. The number of rotatable bonds is 5. The summed E-state index contributed by atoms with van der Waals surface area (Å²) in [5.41, 5.74) is 0.432. The number of nitrogens with zero attached hydrogens (tertiary/aromatic N) is 2. The maximum atomic E-state index is 12.7. The number of nitriles is 1. The van der Waals surface area contributed by atoms with E-state index in [9.17, 15) is 10.1 Å². The molecular formula is C18H22N2O3. The van der Waals surface area contributed by atoms with Crippen molar-refractivity contribution in [2.24, 2.45) is 5.92 Å². The molecule has 2 saturated carbocycles.